The van der Waals surface area contributed by atoms with Crippen LogP contribution in [0.25, 0.3) is 0 Å². The molecule has 1 aliphatic carbocycles. The summed E-state index contributed by atoms with van der Waals surface area (Å²) in [6, 6.07) is 9.93. The first-order valence-electron chi connectivity index (χ1n) is 5.90. The van der Waals surface area contributed by atoms with Crippen LogP contribution in [0.1, 0.15) is 11.6 Å². The van der Waals surface area contributed by atoms with Gasteiger partial charge in [0.2, 0.25) is 0 Å². The summed E-state index contributed by atoms with van der Waals surface area (Å²) in [6.07, 6.45) is 9.13. The molecule has 2 unspecified atom stereocenters. The van der Waals surface area contributed by atoms with Gasteiger partial charge < -0.3 is 0 Å². The predicted molar refractivity (Wildman–Crippen MR) is 71.9 cm³/mol. The second-order valence-electron chi connectivity index (χ2n) is 4.28. The van der Waals surface area contributed by atoms with E-state index in [0.29, 0.717) is 0 Å². The molecule has 1 heterocycles. The van der Waals surface area contributed by atoms with Crippen molar-refractivity contribution in [3.63, 3.8) is 0 Å². The van der Waals surface area contributed by atoms with Crippen LogP contribution in [0.5, 0.6) is 0 Å². The van der Waals surface area contributed by atoms with E-state index >= 15 is 0 Å². The Morgan fingerprint density at radius 2 is 1.89 bits per heavy atom. The van der Waals surface area contributed by atoms with E-state index in [1.165, 1.54) is 6.21 Å². The van der Waals surface area contributed by atoms with E-state index in [9.17, 15) is 4.79 Å². The second-order valence-corrected chi connectivity index (χ2v) is 4.28. The molecule has 1 aliphatic heterocycles. The third-order valence-corrected chi connectivity index (χ3v) is 3.10. The van der Waals surface area contributed by atoms with Crippen molar-refractivity contribution in [2.45, 2.75) is 6.04 Å². The van der Waals surface area contributed by atoms with Crippen LogP contribution in [0.3, 0.4) is 0 Å². The fourth-order valence-electron chi connectivity index (χ4n) is 2.26. The van der Waals surface area contributed by atoms with Crippen molar-refractivity contribution in [1.29, 1.82) is 0 Å². The topological polar surface area (TPSA) is 41.8 Å². The van der Waals surface area contributed by atoms with Crippen molar-refractivity contribution < 1.29 is 4.79 Å². The number of fused-ring (bicyclic) bond motifs is 1. The van der Waals surface area contributed by atoms with Gasteiger partial charge in [-0.1, -0.05) is 48.6 Å². The molecule has 2 aliphatic rings. The van der Waals surface area contributed by atoms with Crippen LogP contribution in [0.4, 0.5) is 0 Å². The first kappa shape index (κ1) is 10.8. The Morgan fingerprint density at radius 1 is 1.06 bits per heavy atom. The molecular weight excluding hydrogens is 224 g/mol. The average molecular weight is 236 g/mol. The summed E-state index contributed by atoms with van der Waals surface area (Å²) in [5.41, 5.74) is 1.88. The van der Waals surface area contributed by atoms with Gasteiger partial charge in [-0.2, -0.15) is 0 Å². The van der Waals surface area contributed by atoms with Crippen molar-refractivity contribution >= 4 is 17.8 Å². The van der Waals surface area contributed by atoms with Crippen LogP contribution in [0.15, 0.2) is 64.6 Å². The fourth-order valence-corrected chi connectivity index (χ4v) is 2.26. The van der Waals surface area contributed by atoms with Crippen molar-refractivity contribution in [3.8, 4) is 0 Å². The van der Waals surface area contributed by atoms with Crippen LogP contribution < -0.4 is 0 Å². The van der Waals surface area contributed by atoms with Gasteiger partial charge in [0.1, 0.15) is 0 Å². The van der Waals surface area contributed by atoms with E-state index in [1.807, 2.05) is 54.6 Å². The molecule has 0 radical (unpaired) electrons. The molecule has 0 fully saturated rings. The number of rotatable bonds is 1. The number of benzene rings is 1. The molecule has 1 aromatic rings. The molecule has 2 atom stereocenters. The highest BCUT2D eigenvalue weighted by molar-refractivity contribution is 6.30. The summed E-state index contributed by atoms with van der Waals surface area (Å²) < 4.78 is 0. The number of nitrogens with zero attached hydrogens (tertiary/aromatic N) is 2. The van der Waals surface area contributed by atoms with Gasteiger partial charge in [0.05, 0.1) is 18.0 Å². The van der Waals surface area contributed by atoms with E-state index < -0.39 is 0 Å². The van der Waals surface area contributed by atoms with Gasteiger partial charge in [-0.05, 0) is 11.6 Å². The largest absolute Gasteiger partial charge is 0.287 e. The lowest BCUT2D eigenvalue weighted by molar-refractivity contribution is -0.111. The minimum absolute atomic E-state index is 0.0418. The molecule has 3 heteroatoms. The Balaban J connectivity index is 2.07. The fraction of sp³-hybridized carbons (Fsp3) is 0.133. The average Bonchev–Trinajstić information content (AvgIpc) is 2.58. The van der Waals surface area contributed by atoms with Gasteiger partial charge in [0.15, 0.2) is 0 Å². The van der Waals surface area contributed by atoms with Gasteiger partial charge in [-0.15, -0.1) is 0 Å². The maximum absolute atomic E-state index is 11.5. The zero-order valence-electron chi connectivity index (χ0n) is 9.73. The first-order chi connectivity index (χ1) is 8.84. The van der Waals surface area contributed by atoms with Gasteiger partial charge in [-0.3, -0.25) is 9.79 Å². The predicted octanol–water partition coefficient (Wildman–Crippen LogP) is 2.52. The highest BCUT2D eigenvalue weighted by Gasteiger charge is 2.27. The summed E-state index contributed by atoms with van der Waals surface area (Å²) in [5, 5.41) is 0. The summed E-state index contributed by atoms with van der Waals surface area (Å²) in [6.45, 7) is 0. The standard InChI is InChI=1S/C15H12N2O/c18-14-10-16-15(11-6-2-1-3-7-11)12-8-4-5-9-13(12)17-14/h1-10,12,15H. The minimum Gasteiger partial charge on any atom is -0.278 e. The zero-order chi connectivity index (χ0) is 12.4. The maximum Gasteiger partial charge on any atom is 0.287 e. The summed E-state index contributed by atoms with van der Waals surface area (Å²) >= 11 is 0. The lowest BCUT2D eigenvalue weighted by Gasteiger charge is -2.21. The Kier molecular flexibility index (Phi) is 2.73. The number of amides is 1. The number of hydrogen-bond donors (Lipinski definition) is 0. The quantitative estimate of drug-likeness (QED) is 0.738. The highest BCUT2D eigenvalue weighted by atomic mass is 16.1. The molecule has 3 rings (SSSR count). The van der Waals surface area contributed by atoms with E-state index in [0.717, 1.165) is 11.3 Å². The van der Waals surface area contributed by atoms with Crippen molar-refractivity contribution in [3.05, 3.63) is 60.2 Å². The summed E-state index contributed by atoms with van der Waals surface area (Å²) in [7, 11) is 0. The van der Waals surface area contributed by atoms with Crippen LogP contribution in [0.2, 0.25) is 0 Å². The lowest BCUT2D eigenvalue weighted by atomic mass is 9.87. The number of hydrogen-bond acceptors (Lipinski definition) is 2. The highest BCUT2D eigenvalue weighted by Crippen LogP contribution is 2.31. The molecule has 0 saturated heterocycles. The van der Waals surface area contributed by atoms with E-state index in [-0.39, 0.29) is 17.9 Å². The molecule has 88 valence electrons. The third kappa shape index (κ3) is 1.95. The Morgan fingerprint density at radius 3 is 2.72 bits per heavy atom. The molecule has 1 amide bonds. The summed E-state index contributed by atoms with van der Waals surface area (Å²) in [5.74, 6) is -0.242. The smallest absolute Gasteiger partial charge is 0.278 e. The molecule has 0 saturated carbocycles. The zero-order valence-corrected chi connectivity index (χ0v) is 9.73. The van der Waals surface area contributed by atoms with Gasteiger partial charge in [0.25, 0.3) is 5.91 Å². The molecule has 0 aromatic heterocycles. The van der Waals surface area contributed by atoms with Crippen LogP contribution in [-0.4, -0.2) is 17.8 Å². The maximum atomic E-state index is 11.5. The normalized spacial score (nSPS) is 25.6. The van der Waals surface area contributed by atoms with Gasteiger partial charge in [-0.25, -0.2) is 4.99 Å². The molecular formula is C15H12N2O. The lowest BCUT2D eigenvalue weighted by Crippen LogP contribution is -2.19. The van der Waals surface area contributed by atoms with Crippen LogP contribution >= 0.6 is 0 Å². The van der Waals surface area contributed by atoms with Gasteiger partial charge >= 0.3 is 0 Å². The Hall–Kier alpha value is -2.29. The number of carbonyl (C=O) groups is 1. The number of allylic oxidation sites excluding steroid dienone is 3. The molecule has 0 N–H and O–H groups in total. The summed E-state index contributed by atoms with van der Waals surface area (Å²) in [4.78, 5) is 20.0. The monoisotopic (exact) mass is 236 g/mol. The molecule has 0 bridgehead atoms. The number of carbonyl (C=O) groups excluding carboxylic acids is 1. The van der Waals surface area contributed by atoms with Gasteiger partial charge in [0, 0.05) is 5.92 Å². The molecule has 0 spiro atoms. The Labute approximate surface area is 105 Å². The Bertz CT molecular complexity index is 582. The molecule has 18 heavy (non-hydrogen) atoms. The van der Waals surface area contributed by atoms with E-state index in [2.05, 4.69) is 9.98 Å². The number of aliphatic imine (C=N–C) groups is 2. The SMILES string of the molecule is O=C1C=NC(c2ccccc2)C2C=CC=CC2=N1. The van der Waals surface area contributed by atoms with Crippen LogP contribution in [-0.2, 0) is 4.79 Å². The third-order valence-electron chi connectivity index (χ3n) is 3.10. The van der Waals surface area contributed by atoms with Crippen molar-refractivity contribution in [2.24, 2.45) is 15.9 Å². The molecule has 3 nitrogen and oxygen atoms in total. The van der Waals surface area contributed by atoms with E-state index in [4.69, 9.17) is 0 Å². The first-order valence-corrected chi connectivity index (χ1v) is 5.90. The van der Waals surface area contributed by atoms with Crippen molar-refractivity contribution in [1.82, 2.24) is 0 Å². The molecule has 1 aromatic carbocycles. The van der Waals surface area contributed by atoms with Crippen molar-refractivity contribution in [2.75, 3.05) is 0 Å². The minimum atomic E-state index is -0.284. The van der Waals surface area contributed by atoms with E-state index in [1.54, 1.807) is 0 Å². The van der Waals surface area contributed by atoms with Crippen LogP contribution in [0, 0.1) is 5.92 Å². The second kappa shape index (κ2) is 4.53.